The molecule has 1 aromatic carbocycles. The summed E-state index contributed by atoms with van der Waals surface area (Å²) in [5.41, 5.74) is 1.99. The van der Waals surface area contributed by atoms with Crippen molar-refractivity contribution in [2.24, 2.45) is 0 Å². The van der Waals surface area contributed by atoms with Gasteiger partial charge in [-0.2, -0.15) is 4.98 Å². The molecule has 0 bridgehead atoms. The third kappa shape index (κ3) is 3.45. The van der Waals surface area contributed by atoms with Crippen LogP contribution in [0.15, 0.2) is 36.5 Å². The number of nitrogens with one attached hydrogen (secondary N) is 1. The maximum absolute atomic E-state index is 12.1. The van der Waals surface area contributed by atoms with Crippen LogP contribution in [0.4, 0.5) is 0 Å². The first kappa shape index (κ1) is 15.0. The zero-order valence-electron chi connectivity index (χ0n) is 13.0. The molecule has 0 atom stereocenters. The highest BCUT2D eigenvalue weighted by molar-refractivity contribution is 5.90. The molecule has 0 spiro atoms. The molecule has 0 fully saturated rings. The summed E-state index contributed by atoms with van der Waals surface area (Å²) in [4.78, 5) is 20.2. The lowest BCUT2D eigenvalue weighted by atomic mass is 10.2. The number of aryl methyl sites for hydroxylation is 2. The number of hydrogen-bond acceptors (Lipinski definition) is 5. The number of rotatable bonds is 5. The van der Waals surface area contributed by atoms with E-state index in [1.807, 2.05) is 38.1 Å². The second-order valence-corrected chi connectivity index (χ2v) is 5.15. The van der Waals surface area contributed by atoms with Crippen molar-refractivity contribution >= 4 is 11.7 Å². The summed E-state index contributed by atoms with van der Waals surface area (Å²) in [5, 5.41) is 6.89. The lowest BCUT2D eigenvalue weighted by Crippen LogP contribution is -2.29. The fourth-order valence-electron chi connectivity index (χ4n) is 2.12. The van der Waals surface area contributed by atoms with Gasteiger partial charge in [0.15, 0.2) is 0 Å². The van der Waals surface area contributed by atoms with Crippen LogP contribution in [0.25, 0.3) is 5.78 Å². The van der Waals surface area contributed by atoms with Crippen LogP contribution in [-0.2, 0) is 0 Å². The molecule has 0 saturated carbocycles. The molecular formula is C16H17N5O2. The third-order valence-electron chi connectivity index (χ3n) is 3.28. The van der Waals surface area contributed by atoms with Crippen LogP contribution in [0.5, 0.6) is 5.75 Å². The fourth-order valence-corrected chi connectivity index (χ4v) is 2.12. The SMILES string of the molecule is Cc1cccc(OCCNC(=O)c2nc3nccc(C)n3n2)c1. The number of carbonyl (C=O) groups excluding carboxylic acids is 1. The second-order valence-electron chi connectivity index (χ2n) is 5.15. The van der Waals surface area contributed by atoms with Gasteiger partial charge in [-0.1, -0.05) is 12.1 Å². The van der Waals surface area contributed by atoms with Crippen molar-refractivity contribution < 1.29 is 9.53 Å². The first-order chi connectivity index (χ1) is 11.1. The third-order valence-corrected chi connectivity index (χ3v) is 3.28. The van der Waals surface area contributed by atoms with E-state index >= 15 is 0 Å². The molecule has 3 aromatic rings. The molecular weight excluding hydrogens is 294 g/mol. The quantitative estimate of drug-likeness (QED) is 0.723. The molecule has 23 heavy (non-hydrogen) atoms. The molecule has 7 heteroatoms. The van der Waals surface area contributed by atoms with Gasteiger partial charge in [-0.3, -0.25) is 4.79 Å². The molecule has 0 saturated heterocycles. The van der Waals surface area contributed by atoms with E-state index in [0.717, 1.165) is 17.0 Å². The Labute approximate surface area is 133 Å². The first-order valence-electron chi connectivity index (χ1n) is 7.29. The molecule has 3 rings (SSSR count). The van der Waals surface area contributed by atoms with Gasteiger partial charge in [0.05, 0.1) is 6.54 Å². The zero-order valence-corrected chi connectivity index (χ0v) is 13.0. The van der Waals surface area contributed by atoms with Gasteiger partial charge >= 0.3 is 0 Å². The molecule has 0 unspecified atom stereocenters. The summed E-state index contributed by atoms with van der Waals surface area (Å²) in [6.07, 6.45) is 1.64. The number of fused-ring (bicyclic) bond motifs is 1. The molecule has 0 aliphatic rings. The van der Waals surface area contributed by atoms with Crippen LogP contribution < -0.4 is 10.1 Å². The molecule has 0 radical (unpaired) electrons. The molecule has 2 aromatic heterocycles. The Morgan fingerprint density at radius 2 is 2.17 bits per heavy atom. The van der Waals surface area contributed by atoms with E-state index in [-0.39, 0.29) is 11.7 Å². The molecule has 0 aliphatic heterocycles. The smallest absolute Gasteiger partial charge is 0.291 e. The Morgan fingerprint density at radius 1 is 1.30 bits per heavy atom. The minimum absolute atomic E-state index is 0.0994. The van der Waals surface area contributed by atoms with E-state index in [1.54, 1.807) is 12.3 Å². The van der Waals surface area contributed by atoms with Gasteiger partial charge in [0.2, 0.25) is 5.82 Å². The minimum Gasteiger partial charge on any atom is -0.492 e. The van der Waals surface area contributed by atoms with E-state index < -0.39 is 0 Å². The van der Waals surface area contributed by atoms with E-state index in [0.29, 0.717) is 18.9 Å². The highest BCUT2D eigenvalue weighted by Crippen LogP contribution is 2.11. The summed E-state index contributed by atoms with van der Waals surface area (Å²) in [6, 6.07) is 9.56. The van der Waals surface area contributed by atoms with Crippen LogP contribution in [-0.4, -0.2) is 38.6 Å². The van der Waals surface area contributed by atoms with Crippen LogP contribution >= 0.6 is 0 Å². The predicted molar refractivity (Wildman–Crippen MR) is 84.5 cm³/mol. The van der Waals surface area contributed by atoms with Gasteiger partial charge in [-0.15, -0.1) is 5.10 Å². The van der Waals surface area contributed by atoms with Crippen molar-refractivity contribution in [2.75, 3.05) is 13.2 Å². The lowest BCUT2D eigenvalue weighted by molar-refractivity contribution is 0.0937. The summed E-state index contributed by atoms with van der Waals surface area (Å²) >= 11 is 0. The van der Waals surface area contributed by atoms with E-state index in [4.69, 9.17) is 4.74 Å². The molecule has 2 heterocycles. The highest BCUT2D eigenvalue weighted by Gasteiger charge is 2.13. The topological polar surface area (TPSA) is 81.4 Å². The maximum atomic E-state index is 12.1. The van der Waals surface area contributed by atoms with Crippen molar-refractivity contribution in [3.63, 3.8) is 0 Å². The Balaban J connectivity index is 1.55. The van der Waals surface area contributed by atoms with Crippen molar-refractivity contribution in [1.29, 1.82) is 0 Å². The molecule has 7 nitrogen and oxygen atoms in total. The molecule has 1 amide bonds. The van der Waals surface area contributed by atoms with Crippen LogP contribution in [0.3, 0.4) is 0 Å². The minimum atomic E-state index is -0.345. The fraction of sp³-hybridized carbons (Fsp3) is 0.250. The normalized spacial score (nSPS) is 10.7. The predicted octanol–water partition coefficient (Wildman–Crippen LogP) is 1.55. The monoisotopic (exact) mass is 311 g/mol. The van der Waals surface area contributed by atoms with Gasteiger partial charge in [-0.05, 0) is 37.6 Å². The lowest BCUT2D eigenvalue weighted by Gasteiger charge is -2.07. The van der Waals surface area contributed by atoms with Crippen molar-refractivity contribution in [3.05, 3.63) is 53.6 Å². The second kappa shape index (κ2) is 6.43. The summed E-state index contributed by atoms with van der Waals surface area (Å²) < 4.78 is 7.12. The number of nitrogens with zero attached hydrogens (tertiary/aromatic N) is 4. The van der Waals surface area contributed by atoms with Gasteiger partial charge in [0.25, 0.3) is 11.7 Å². The maximum Gasteiger partial charge on any atom is 0.291 e. The molecule has 0 aliphatic carbocycles. The Hall–Kier alpha value is -2.96. The molecule has 118 valence electrons. The Kier molecular flexibility index (Phi) is 4.18. The van der Waals surface area contributed by atoms with Crippen molar-refractivity contribution in [3.8, 4) is 5.75 Å². The number of carbonyl (C=O) groups is 1. The van der Waals surface area contributed by atoms with Gasteiger partial charge < -0.3 is 10.1 Å². The number of benzene rings is 1. The van der Waals surface area contributed by atoms with Crippen LogP contribution in [0, 0.1) is 13.8 Å². The number of ether oxygens (including phenoxy) is 1. The average molecular weight is 311 g/mol. The average Bonchev–Trinajstić information content (AvgIpc) is 2.97. The summed E-state index contributed by atoms with van der Waals surface area (Å²) in [6.45, 7) is 4.62. The van der Waals surface area contributed by atoms with Crippen molar-refractivity contribution in [2.45, 2.75) is 13.8 Å². The van der Waals surface area contributed by atoms with Gasteiger partial charge in [0.1, 0.15) is 12.4 Å². The van der Waals surface area contributed by atoms with Gasteiger partial charge in [0, 0.05) is 11.9 Å². The Morgan fingerprint density at radius 3 is 2.96 bits per heavy atom. The summed E-state index contributed by atoms with van der Waals surface area (Å²) in [5.74, 6) is 0.946. The van der Waals surface area contributed by atoms with E-state index in [2.05, 4.69) is 20.4 Å². The highest BCUT2D eigenvalue weighted by atomic mass is 16.5. The Bertz CT molecular complexity index is 843. The van der Waals surface area contributed by atoms with E-state index in [9.17, 15) is 4.79 Å². The molecule has 1 N–H and O–H groups in total. The standard InChI is InChI=1S/C16H17N5O2/c1-11-4-3-5-13(10-11)23-9-8-17-15(22)14-19-16-18-7-6-12(2)21(16)20-14/h3-7,10H,8-9H2,1-2H3,(H,17,22). The van der Waals surface area contributed by atoms with Crippen LogP contribution in [0.2, 0.25) is 0 Å². The zero-order chi connectivity index (χ0) is 16.2. The number of amides is 1. The number of hydrogen-bond donors (Lipinski definition) is 1. The van der Waals surface area contributed by atoms with Gasteiger partial charge in [-0.25, -0.2) is 9.50 Å². The van der Waals surface area contributed by atoms with Crippen molar-refractivity contribution in [1.82, 2.24) is 24.9 Å². The first-order valence-corrected chi connectivity index (χ1v) is 7.29. The van der Waals surface area contributed by atoms with Crippen LogP contribution in [0.1, 0.15) is 21.9 Å². The summed E-state index contributed by atoms with van der Waals surface area (Å²) in [7, 11) is 0. The number of aromatic nitrogens is 4. The van der Waals surface area contributed by atoms with E-state index in [1.165, 1.54) is 4.52 Å². The largest absolute Gasteiger partial charge is 0.492 e.